The van der Waals surface area contributed by atoms with Crippen LogP contribution < -0.4 is 5.32 Å². The van der Waals surface area contributed by atoms with Crippen molar-refractivity contribution in [3.8, 4) is 11.8 Å². The Morgan fingerprint density at radius 1 is 1.22 bits per heavy atom. The van der Waals surface area contributed by atoms with Crippen LogP contribution in [0.15, 0.2) is 35.5 Å². The number of carbonyl (C=O) groups excluding carboxylic acids is 1. The van der Waals surface area contributed by atoms with Gasteiger partial charge in [-0.3, -0.25) is 9.36 Å². The summed E-state index contributed by atoms with van der Waals surface area (Å²) in [5.41, 5.74) is 3.21. The SMILES string of the molecule is Cn1c(SCC(=O)Nc2c(C#N)c3c(n2-c2ccccc2)CCCC3)nnc1C(F)(F)F. The normalized spacial score (nSPS) is 13.5. The Kier molecular flexibility index (Phi) is 5.97. The van der Waals surface area contributed by atoms with Crippen LogP contribution in [0.1, 0.15) is 35.5 Å². The van der Waals surface area contributed by atoms with Crippen molar-refractivity contribution in [2.45, 2.75) is 37.0 Å². The number of fused-ring (bicyclic) bond motifs is 1. The summed E-state index contributed by atoms with van der Waals surface area (Å²) in [7, 11) is 1.20. The molecule has 7 nitrogen and oxygen atoms in total. The smallest absolute Gasteiger partial charge is 0.310 e. The molecule has 32 heavy (non-hydrogen) atoms. The minimum atomic E-state index is -4.62. The molecule has 2 heterocycles. The van der Waals surface area contributed by atoms with Gasteiger partial charge in [0.25, 0.3) is 0 Å². The van der Waals surface area contributed by atoms with Gasteiger partial charge in [-0.2, -0.15) is 18.4 Å². The maximum Gasteiger partial charge on any atom is 0.451 e. The van der Waals surface area contributed by atoms with Gasteiger partial charge in [0.2, 0.25) is 11.7 Å². The minimum absolute atomic E-state index is 0.0225. The number of hydrogen-bond acceptors (Lipinski definition) is 5. The first-order chi connectivity index (χ1) is 15.3. The Balaban J connectivity index is 1.61. The third kappa shape index (κ3) is 4.10. The molecule has 166 valence electrons. The van der Waals surface area contributed by atoms with E-state index >= 15 is 0 Å². The molecule has 0 fully saturated rings. The van der Waals surface area contributed by atoms with Gasteiger partial charge in [-0.15, -0.1) is 10.2 Å². The van der Waals surface area contributed by atoms with E-state index in [0.717, 1.165) is 59.0 Å². The van der Waals surface area contributed by atoms with Gasteiger partial charge in [-0.25, -0.2) is 0 Å². The lowest BCUT2D eigenvalue weighted by molar-refractivity contribution is -0.147. The van der Waals surface area contributed by atoms with Gasteiger partial charge in [0.05, 0.1) is 11.3 Å². The Hall–Kier alpha value is -3.26. The van der Waals surface area contributed by atoms with Crippen LogP contribution in [0, 0.1) is 11.3 Å². The topological polar surface area (TPSA) is 88.5 Å². The van der Waals surface area contributed by atoms with Crippen LogP contribution in [0.5, 0.6) is 0 Å². The van der Waals surface area contributed by atoms with Crippen LogP contribution in [-0.2, 0) is 30.9 Å². The first-order valence-electron chi connectivity index (χ1n) is 9.92. The molecule has 4 rings (SSSR count). The second-order valence-corrected chi connectivity index (χ2v) is 8.28. The van der Waals surface area contributed by atoms with E-state index in [-0.39, 0.29) is 10.9 Å². The molecule has 1 aliphatic rings. The Morgan fingerprint density at radius 2 is 1.94 bits per heavy atom. The molecule has 1 N–H and O–H groups in total. The van der Waals surface area contributed by atoms with E-state index in [4.69, 9.17) is 0 Å². The maximum absolute atomic E-state index is 12.9. The predicted molar refractivity (Wildman–Crippen MR) is 112 cm³/mol. The van der Waals surface area contributed by atoms with Crippen LogP contribution in [0.4, 0.5) is 19.0 Å². The molecule has 1 aliphatic carbocycles. The van der Waals surface area contributed by atoms with E-state index in [1.807, 2.05) is 34.9 Å². The summed E-state index contributed by atoms with van der Waals surface area (Å²) in [5.74, 6) is -1.36. The lowest BCUT2D eigenvalue weighted by Crippen LogP contribution is -2.18. The fourth-order valence-electron chi connectivity index (χ4n) is 3.88. The third-order valence-corrected chi connectivity index (χ3v) is 6.30. The summed E-state index contributed by atoms with van der Waals surface area (Å²) >= 11 is 0.846. The van der Waals surface area contributed by atoms with Crippen molar-refractivity contribution < 1.29 is 18.0 Å². The number of hydrogen-bond donors (Lipinski definition) is 1. The molecule has 3 aromatic rings. The molecule has 0 saturated carbocycles. The summed E-state index contributed by atoms with van der Waals surface area (Å²) in [6.45, 7) is 0. The van der Waals surface area contributed by atoms with Crippen molar-refractivity contribution in [1.82, 2.24) is 19.3 Å². The fraction of sp³-hybridized carbons (Fsp3) is 0.333. The van der Waals surface area contributed by atoms with Crippen molar-refractivity contribution in [3.05, 3.63) is 53.0 Å². The lowest BCUT2D eigenvalue weighted by atomic mass is 9.95. The van der Waals surface area contributed by atoms with E-state index in [0.29, 0.717) is 11.4 Å². The van der Waals surface area contributed by atoms with E-state index in [1.54, 1.807) is 0 Å². The number of anilines is 1. The van der Waals surface area contributed by atoms with E-state index in [9.17, 15) is 23.2 Å². The zero-order chi connectivity index (χ0) is 22.9. The maximum atomic E-state index is 12.9. The number of amides is 1. The van der Waals surface area contributed by atoms with Gasteiger partial charge in [0.1, 0.15) is 11.9 Å². The third-order valence-electron chi connectivity index (χ3n) is 5.28. The highest BCUT2D eigenvalue weighted by molar-refractivity contribution is 7.99. The Morgan fingerprint density at radius 3 is 2.59 bits per heavy atom. The molecule has 1 amide bonds. The molecule has 0 atom stereocenters. The second kappa shape index (κ2) is 8.70. The molecule has 0 saturated heterocycles. The number of para-hydroxylation sites is 1. The average molecular weight is 460 g/mol. The van der Waals surface area contributed by atoms with E-state index in [2.05, 4.69) is 21.6 Å². The zero-order valence-electron chi connectivity index (χ0n) is 17.1. The van der Waals surface area contributed by atoms with Crippen LogP contribution >= 0.6 is 11.8 Å². The molecule has 0 bridgehead atoms. The van der Waals surface area contributed by atoms with Crippen LogP contribution in [0.3, 0.4) is 0 Å². The molecule has 0 radical (unpaired) electrons. The van der Waals surface area contributed by atoms with Crippen molar-refractivity contribution in [3.63, 3.8) is 0 Å². The minimum Gasteiger partial charge on any atom is -0.310 e. The number of halogens is 3. The molecule has 11 heteroatoms. The van der Waals surface area contributed by atoms with Crippen molar-refractivity contribution in [2.24, 2.45) is 7.05 Å². The number of thioether (sulfide) groups is 1. The van der Waals surface area contributed by atoms with Crippen molar-refractivity contribution in [2.75, 3.05) is 11.1 Å². The molecular weight excluding hydrogens is 441 g/mol. The van der Waals surface area contributed by atoms with Gasteiger partial charge in [-0.05, 0) is 43.4 Å². The number of benzene rings is 1. The van der Waals surface area contributed by atoms with Crippen molar-refractivity contribution >= 4 is 23.5 Å². The van der Waals surface area contributed by atoms with Gasteiger partial charge in [-0.1, -0.05) is 30.0 Å². The first-order valence-corrected chi connectivity index (χ1v) is 10.9. The Labute approximate surface area is 186 Å². The van der Waals surface area contributed by atoms with Gasteiger partial charge in [0, 0.05) is 18.4 Å². The summed E-state index contributed by atoms with van der Waals surface area (Å²) in [6, 6.07) is 11.7. The average Bonchev–Trinajstić information content (AvgIpc) is 3.29. The summed E-state index contributed by atoms with van der Waals surface area (Å²) < 4.78 is 41.4. The molecule has 0 unspecified atom stereocenters. The summed E-state index contributed by atoms with van der Waals surface area (Å²) in [6.07, 6.45) is -1.11. The van der Waals surface area contributed by atoms with Gasteiger partial charge < -0.3 is 9.88 Å². The molecule has 2 aromatic heterocycles. The molecule has 0 spiro atoms. The zero-order valence-corrected chi connectivity index (χ0v) is 17.9. The van der Waals surface area contributed by atoms with Gasteiger partial charge in [0.15, 0.2) is 5.16 Å². The summed E-state index contributed by atoms with van der Waals surface area (Å²) in [4.78, 5) is 12.7. The number of nitrogens with one attached hydrogen (secondary N) is 1. The number of nitrogens with zero attached hydrogens (tertiary/aromatic N) is 5. The Bertz CT molecular complexity index is 1190. The monoisotopic (exact) mass is 460 g/mol. The number of alkyl halides is 3. The van der Waals surface area contributed by atoms with E-state index < -0.39 is 17.9 Å². The lowest BCUT2D eigenvalue weighted by Gasteiger charge is -2.17. The number of nitriles is 1. The molecular formula is C21H19F3N6OS. The highest BCUT2D eigenvalue weighted by atomic mass is 32.2. The molecule has 0 aliphatic heterocycles. The predicted octanol–water partition coefficient (Wildman–Crippen LogP) is 4.11. The number of carbonyl (C=O) groups is 1. The quantitative estimate of drug-likeness (QED) is 0.579. The van der Waals surface area contributed by atoms with Crippen molar-refractivity contribution in [1.29, 1.82) is 5.26 Å². The number of aromatic nitrogens is 4. The van der Waals surface area contributed by atoms with Crippen LogP contribution in [0.25, 0.3) is 5.69 Å². The van der Waals surface area contributed by atoms with Crippen LogP contribution in [0.2, 0.25) is 0 Å². The molecule has 1 aromatic carbocycles. The largest absolute Gasteiger partial charge is 0.451 e. The fourth-order valence-corrected chi connectivity index (χ4v) is 4.59. The highest BCUT2D eigenvalue weighted by Gasteiger charge is 2.37. The summed E-state index contributed by atoms with van der Waals surface area (Å²) in [5, 5.41) is 19.3. The first kappa shape index (κ1) is 22.0. The van der Waals surface area contributed by atoms with Gasteiger partial charge >= 0.3 is 6.18 Å². The van der Waals surface area contributed by atoms with E-state index in [1.165, 1.54) is 7.05 Å². The standard InChI is InChI=1S/C21H19F3N6OS/c1-29-19(21(22,23)24)27-28-20(29)32-12-17(31)26-18-15(11-25)14-9-5-6-10-16(14)30(18)13-7-3-2-4-8-13/h2-4,7-8H,5-6,9-10,12H2,1H3,(H,26,31). The highest BCUT2D eigenvalue weighted by Crippen LogP contribution is 2.36. The second-order valence-electron chi connectivity index (χ2n) is 7.34. The number of rotatable bonds is 5. The van der Waals surface area contributed by atoms with Crippen LogP contribution in [-0.4, -0.2) is 31.0 Å².